The normalized spacial score (nSPS) is 12.5. The minimum atomic E-state index is -0.824. The van der Waals surface area contributed by atoms with Crippen LogP contribution in [0.2, 0.25) is 0 Å². The molecule has 0 atom stereocenters. The number of benzene rings is 2. The van der Waals surface area contributed by atoms with E-state index in [-0.39, 0.29) is 12.3 Å². The molecule has 0 heterocycles. The number of carbonyl (C=O) groups excluding carboxylic acids is 1. The fraction of sp³-hybridized carbons (Fsp3) is 0.333. The van der Waals surface area contributed by atoms with Crippen molar-refractivity contribution in [3.8, 4) is 5.75 Å². The predicted molar refractivity (Wildman–Crippen MR) is 99.6 cm³/mol. The molecule has 5 nitrogen and oxygen atoms in total. The standard InChI is InChI=1S/C21H23NO4/c23-20(14-15-6-7-16-3-1-4-17(16)13-15)22-18-8-10-19(11-9-18)26-12-2-5-21(24)25/h6-11,13H,1-5,12,14H2,(H,22,23)(H,24,25). The number of amides is 1. The first-order valence-corrected chi connectivity index (χ1v) is 8.95. The molecule has 0 aliphatic heterocycles. The van der Waals surface area contributed by atoms with Crippen LogP contribution in [0.5, 0.6) is 5.75 Å². The Hall–Kier alpha value is -2.82. The van der Waals surface area contributed by atoms with Gasteiger partial charge in [-0.2, -0.15) is 0 Å². The van der Waals surface area contributed by atoms with Gasteiger partial charge < -0.3 is 15.2 Å². The van der Waals surface area contributed by atoms with Gasteiger partial charge in [-0.25, -0.2) is 0 Å². The molecule has 0 radical (unpaired) electrons. The summed E-state index contributed by atoms with van der Waals surface area (Å²) >= 11 is 0. The number of rotatable bonds is 8. The molecule has 136 valence electrons. The first kappa shape index (κ1) is 18.0. The molecule has 26 heavy (non-hydrogen) atoms. The SMILES string of the molecule is O=C(O)CCCOc1ccc(NC(=O)Cc2ccc3c(c2)CCC3)cc1. The predicted octanol–water partition coefficient (Wildman–Crippen LogP) is 3.60. The van der Waals surface area contributed by atoms with Crippen molar-refractivity contribution in [2.24, 2.45) is 0 Å². The number of ether oxygens (including phenoxy) is 1. The van der Waals surface area contributed by atoms with E-state index in [0.29, 0.717) is 30.9 Å². The molecular formula is C21H23NO4. The second kappa shape index (κ2) is 8.52. The molecule has 0 saturated heterocycles. The van der Waals surface area contributed by atoms with Crippen LogP contribution in [0.1, 0.15) is 36.0 Å². The maximum atomic E-state index is 12.2. The molecule has 3 rings (SSSR count). The van der Waals surface area contributed by atoms with E-state index < -0.39 is 5.97 Å². The molecule has 0 bridgehead atoms. The molecule has 2 aromatic rings. The summed E-state index contributed by atoms with van der Waals surface area (Å²) in [6.07, 6.45) is 4.38. The number of aryl methyl sites for hydroxylation is 2. The van der Waals surface area contributed by atoms with Gasteiger partial charge in [-0.15, -0.1) is 0 Å². The second-order valence-electron chi connectivity index (χ2n) is 6.55. The van der Waals surface area contributed by atoms with Gasteiger partial charge in [-0.3, -0.25) is 9.59 Å². The fourth-order valence-electron chi connectivity index (χ4n) is 3.17. The van der Waals surface area contributed by atoms with Gasteiger partial charge in [-0.1, -0.05) is 18.2 Å². The first-order valence-electron chi connectivity index (χ1n) is 8.95. The van der Waals surface area contributed by atoms with E-state index in [2.05, 4.69) is 17.4 Å². The third-order valence-electron chi connectivity index (χ3n) is 4.47. The molecule has 0 aromatic heterocycles. The van der Waals surface area contributed by atoms with Crippen LogP contribution < -0.4 is 10.1 Å². The van der Waals surface area contributed by atoms with Crippen molar-refractivity contribution in [2.75, 3.05) is 11.9 Å². The van der Waals surface area contributed by atoms with Crippen LogP contribution in [0.3, 0.4) is 0 Å². The Morgan fingerprint density at radius 1 is 1.04 bits per heavy atom. The number of carboxylic acid groups (broad SMARTS) is 1. The number of carboxylic acids is 1. The van der Waals surface area contributed by atoms with Gasteiger partial charge in [0.1, 0.15) is 5.75 Å². The first-order chi connectivity index (χ1) is 12.6. The van der Waals surface area contributed by atoms with Crippen molar-refractivity contribution in [2.45, 2.75) is 38.5 Å². The molecule has 0 fully saturated rings. The average molecular weight is 353 g/mol. The number of hydrogen-bond acceptors (Lipinski definition) is 3. The lowest BCUT2D eigenvalue weighted by Gasteiger charge is -2.09. The van der Waals surface area contributed by atoms with Gasteiger partial charge in [0.15, 0.2) is 0 Å². The lowest BCUT2D eigenvalue weighted by molar-refractivity contribution is -0.137. The Kier molecular flexibility index (Phi) is 5.89. The fourth-order valence-corrected chi connectivity index (χ4v) is 3.17. The molecule has 2 aromatic carbocycles. The van der Waals surface area contributed by atoms with Crippen LogP contribution in [0.25, 0.3) is 0 Å². The number of carbonyl (C=O) groups is 2. The highest BCUT2D eigenvalue weighted by atomic mass is 16.5. The summed E-state index contributed by atoms with van der Waals surface area (Å²) in [7, 11) is 0. The lowest BCUT2D eigenvalue weighted by atomic mass is 10.0. The summed E-state index contributed by atoms with van der Waals surface area (Å²) in [4.78, 5) is 22.7. The van der Waals surface area contributed by atoms with Gasteiger partial charge >= 0.3 is 5.97 Å². The van der Waals surface area contributed by atoms with E-state index in [1.54, 1.807) is 24.3 Å². The summed E-state index contributed by atoms with van der Waals surface area (Å²) < 4.78 is 5.48. The van der Waals surface area contributed by atoms with Gasteiger partial charge in [0.05, 0.1) is 13.0 Å². The highest BCUT2D eigenvalue weighted by molar-refractivity contribution is 5.92. The van der Waals surface area contributed by atoms with E-state index in [1.165, 1.54) is 17.5 Å². The van der Waals surface area contributed by atoms with Crippen molar-refractivity contribution in [3.05, 3.63) is 59.2 Å². The van der Waals surface area contributed by atoms with Crippen LogP contribution in [0, 0.1) is 0 Å². The quantitative estimate of drug-likeness (QED) is 0.711. The number of anilines is 1. The summed E-state index contributed by atoms with van der Waals surface area (Å²) in [5, 5.41) is 11.5. The topological polar surface area (TPSA) is 75.6 Å². The van der Waals surface area contributed by atoms with Crippen LogP contribution in [-0.2, 0) is 28.9 Å². The number of hydrogen-bond donors (Lipinski definition) is 2. The van der Waals surface area contributed by atoms with E-state index in [9.17, 15) is 9.59 Å². The monoisotopic (exact) mass is 353 g/mol. The van der Waals surface area contributed by atoms with Gasteiger partial charge in [0, 0.05) is 12.1 Å². The van der Waals surface area contributed by atoms with Crippen molar-refractivity contribution in [3.63, 3.8) is 0 Å². The van der Waals surface area contributed by atoms with Crippen LogP contribution >= 0.6 is 0 Å². The van der Waals surface area contributed by atoms with E-state index in [1.807, 2.05) is 6.07 Å². The molecule has 1 aliphatic rings. The van der Waals surface area contributed by atoms with Crippen molar-refractivity contribution in [1.82, 2.24) is 0 Å². The molecule has 2 N–H and O–H groups in total. The summed E-state index contributed by atoms with van der Waals surface area (Å²) in [6, 6.07) is 13.4. The molecule has 5 heteroatoms. The largest absolute Gasteiger partial charge is 0.494 e. The van der Waals surface area contributed by atoms with Crippen LogP contribution in [-0.4, -0.2) is 23.6 Å². The van der Waals surface area contributed by atoms with Crippen LogP contribution in [0.15, 0.2) is 42.5 Å². The molecule has 1 aliphatic carbocycles. The van der Waals surface area contributed by atoms with Crippen LogP contribution in [0.4, 0.5) is 5.69 Å². The molecule has 1 amide bonds. The second-order valence-corrected chi connectivity index (χ2v) is 6.55. The Morgan fingerprint density at radius 3 is 2.58 bits per heavy atom. The summed E-state index contributed by atoms with van der Waals surface area (Å²) in [6.45, 7) is 0.357. The highest BCUT2D eigenvalue weighted by Crippen LogP contribution is 2.23. The van der Waals surface area contributed by atoms with E-state index in [0.717, 1.165) is 18.4 Å². The molecule has 0 spiro atoms. The molecular weight excluding hydrogens is 330 g/mol. The highest BCUT2D eigenvalue weighted by Gasteiger charge is 2.12. The van der Waals surface area contributed by atoms with Crippen molar-refractivity contribution in [1.29, 1.82) is 0 Å². The maximum Gasteiger partial charge on any atom is 0.303 e. The number of aliphatic carboxylic acids is 1. The number of fused-ring (bicyclic) bond motifs is 1. The third-order valence-corrected chi connectivity index (χ3v) is 4.47. The Morgan fingerprint density at radius 2 is 1.81 bits per heavy atom. The Bertz CT molecular complexity index is 783. The zero-order valence-corrected chi connectivity index (χ0v) is 14.7. The molecule has 0 unspecified atom stereocenters. The van der Waals surface area contributed by atoms with E-state index in [4.69, 9.17) is 9.84 Å². The zero-order valence-electron chi connectivity index (χ0n) is 14.7. The van der Waals surface area contributed by atoms with Gasteiger partial charge in [-0.05, 0) is 66.6 Å². The Balaban J connectivity index is 1.47. The van der Waals surface area contributed by atoms with E-state index >= 15 is 0 Å². The van der Waals surface area contributed by atoms with Crippen molar-refractivity contribution < 1.29 is 19.4 Å². The maximum absolute atomic E-state index is 12.2. The minimum Gasteiger partial charge on any atom is -0.494 e. The Labute approximate surface area is 153 Å². The third kappa shape index (κ3) is 5.09. The van der Waals surface area contributed by atoms with Gasteiger partial charge in [0.2, 0.25) is 5.91 Å². The zero-order chi connectivity index (χ0) is 18.4. The summed E-state index contributed by atoms with van der Waals surface area (Å²) in [5.41, 5.74) is 4.54. The van der Waals surface area contributed by atoms with Gasteiger partial charge in [0.25, 0.3) is 0 Å². The molecule has 0 saturated carbocycles. The minimum absolute atomic E-state index is 0.0435. The lowest BCUT2D eigenvalue weighted by Crippen LogP contribution is -2.14. The number of nitrogens with one attached hydrogen (secondary N) is 1. The summed E-state index contributed by atoms with van der Waals surface area (Å²) in [5.74, 6) is -0.208. The smallest absolute Gasteiger partial charge is 0.303 e. The average Bonchev–Trinajstić information content (AvgIpc) is 3.07. The van der Waals surface area contributed by atoms with Crippen molar-refractivity contribution >= 4 is 17.6 Å².